The molecular formula is C15H21FN2O3. The van der Waals surface area contributed by atoms with Gasteiger partial charge in [0.2, 0.25) is 0 Å². The van der Waals surface area contributed by atoms with Crippen molar-refractivity contribution in [3.8, 4) is 0 Å². The lowest BCUT2D eigenvalue weighted by atomic mass is 10.1. The number of carbonyl (C=O) groups excluding carboxylic acids is 2. The maximum Gasteiger partial charge on any atom is 0.328 e. The van der Waals surface area contributed by atoms with Crippen LogP contribution in [0.4, 0.5) is 9.18 Å². The number of unbranched alkanes of at least 4 members (excludes halogenated alkanes) is 1. The molecule has 0 aliphatic heterocycles. The van der Waals surface area contributed by atoms with Crippen LogP contribution >= 0.6 is 0 Å². The van der Waals surface area contributed by atoms with Gasteiger partial charge in [0.1, 0.15) is 11.9 Å². The molecule has 0 bridgehead atoms. The Labute approximate surface area is 123 Å². The Kier molecular flexibility index (Phi) is 7.21. The van der Waals surface area contributed by atoms with Crippen LogP contribution in [0.2, 0.25) is 0 Å². The maximum absolute atomic E-state index is 12.9. The summed E-state index contributed by atoms with van der Waals surface area (Å²) >= 11 is 0. The van der Waals surface area contributed by atoms with E-state index in [2.05, 4.69) is 15.4 Å². The van der Waals surface area contributed by atoms with Crippen molar-refractivity contribution in [2.24, 2.45) is 0 Å². The molecule has 2 amide bonds. The molecule has 0 spiro atoms. The van der Waals surface area contributed by atoms with Crippen molar-refractivity contribution in [1.82, 2.24) is 10.6 Å². The van der Waals surface area contributed by atoms with Crippen LogP contribution in [0, 0.1) is 5.82 Å². The van der Waals surface area contributed by atoms with E-state index in [1.54, 1.807) is 12.1 Å². The lowest BCUT2D eigenvalue weighted by Crippen LogP contribution is -2.47. The fourth-order valence-electron chi connectivity index (χ4n) is 1.78. The molecule has 2 N–H and O–H groups in total. The smallest absolute Gasteiger partial charge is 0.328 e. The first-order valence-electron chi connectivity index (χ1n) is 6.93. The number of esters is 1. The Morgan fingerprint density at radius 2 is 1.95 bits per heavy atom. The van der Waals surface area contributed by atoms with Crippen molar-refractivity contribution in [3.63, 3.8) is 0 Å². The SMILES string of the molecule is CCCCNC(=O)NC(Cc1ccc(F)cc1)C(=O)OC. The second-order valence-corrected chi connectivity index (χ2v) is 4.66. The summed E-state index contributed by atoms with van der Waals surface area (Å²) in [5.74, 6) is -0.886. The van der Waals surface area contributed by atoms with Gasteiger partial charge < -0.3 is 15.4 Å². The Morgan fingerprint density at radius 3 is 2.52 bits per heavy atom. The summed E-state index contributed by atoms with van der Waals surface area (Å²) in [5.41, 5.74) is 0.737. The number of hydrogen-bond donors (Lipinski definition) is 2. The molecule has 0 saturated heterocycles. The van der Waals surface area contributed by atoms with Crippen LogP contribution in [0.15, 0.2) is 24.3 Å². The first-order chi connectivity index (χ1) is 10.1. The minimum Gasteiger partial charge on any atom is -0.467 e. The largest absolute Gasteiger partial charge is 0.467 e. The first-order valence-corrected chi connectivity index (χ1v) is 6.93. The van der Waals surface area contributed by atoms with Gasteiger partial charge >= 0.3 is 12.0 Å². The van der Waals surface area contributed by atoms with Gasteiger partial charge in [-0.2, -0.15) is 0 Å². The Bertz CT molecular complexity index is 462. The molecule has 5 nitrogen and oxygen atoms in total. The van der Waals surface area contributed by atoms with E-state index in [1.165, 1.54) is 19.2 Å². The molecule has 1 aromatic carbocycles. The van der Waals surface area contributed by atoms with E-state index in [-0.39, 0.29) is 12.2 Å². The third-order valence-corrected chi connectivity index (χ3v) is 2.96. The lowest BCUT2D eigenvalue weighted by molar-refractivity contribution is -0.142. The van der Waals surface area contributed by atoms with E-state index in [9.17, 15) is 14.0 Å². The van der Waals surface area contributed by atoms with Gasteiger partial charge in [0.25, 0.3) is 0 Å². The summed E-state index contributed by atoms with van der Waals surface area (Å²) < 4.78 is 17.5. The summed E-state index contributed by atoms with van der Waals surface area (Å²) in [6.45, 7) is 2.57. The minimum absolute atomic E-state index is 0.244. The number of halogens is 1. The topological polar surface area (TPSA) is 67.4 Å². The molecule has 0 heterocycles. The zero-order valence-electron chi connectivity index (χ0n) is 12.3. The highest BCUT2D eigenvalue weighted by Gasteiger charge is 2.21. The summed E-state index contributed by atoms with van der Waals surface area (Å²) in [4.78, 5) is 23.4. The molecule has 21 heavy (non-hydrogen) atoms. The minimum atomic E-state index is -0.804. The van der Waals surface area contributed by atoms with Crippen molar-refractivity contribution in [2.45, 2.75) is 32.2 Å². The fourth-order valence-corrected chi connectivity index (χ4v) is 1.78. The predicted molar refractivity (Wildman–Crippen MR) is 77.4 cm³/mol. The van der Waals surface area contributed by atoms with Crippen LogP contribution < -0.4 is 10.6 Å². The quantitative estimate of drug-likeness (QED) is 0.597. The fraction of sp³-hybridized carbons (Fsp3) is 0.467. The highest BCUT2D eigenvalue weighted by molar-refractivity contribution is 5.83. The van der Waals surface area contributed by atoms with Gasteiger partial charge in [-0.05, 0) is 24.1 Å². The number of hydrogen-bond acceptors (Lipinski definition) is 3. The van der Waals surface area contributed by atoms with Crippen molar-refractivity contribution in [1.29, 1.82) is 0 Å². The summed E-state index contributed by atoms with van der Waals surface area (Å²) in [5, 5.41) is 5.24. The Hall–Kier alpha value is -2.11. The van der Waals surface area contributed by atoms with Gasteiger partial charge in [-0.25, -0.2) is 14.0 Å². The number of methoxy groups -OCH3 is 1. The molecule has 0 radical (unpaired) electrons. The molecule has 1 atom stereocenters. The Morgan fingerprint density at radius 1 is 1.29 bits per heavy atom. The molecule has 0 aliphatic rings. The second kappa shape index (κ2) is 8.94. The Balaban J connectivity index is 2.61. The predicted octanol–water partition coefficient (Wildman–Crippen LogP) is 2.01. The second-order valence-electron chi connectivity index (χ2n) is 4.66. The van der Waals surface area contributed by atoms with Crippen LogP contribution in [0.3, 0.4) is 0 Å². The number of ether oxygens (including phenoxy) is 1. The lowest BCUT2D eigenvalue weighted by Gasteiger charge is -2.17. The zero-order chi connectivity index (χ0) is 15.7. The highest BCUT2D eigenvalue weighted by atomic mass is 19.1. The van der Waals surface area contributed by atoms with Gasteiger partial charge in [-0.3, -0.25) is 0 Å². The van der Waals surface area contributed by atoms with Gasteiger partial charge in [0.15, 0.2) is 0 Å². The summed E-state index contributed by atoms with van der Waals surface area (Å²) in [6.07, 6.45) is 2.08. The van der Waals surface area contributed by atoms with Crippen LogP contribution in [0.1, 0.15) is 25.3 Å². The molecular weight excluding hydrogens is 275 g/mol. The van der Waals surface area contributed by atoms with E-state index >= 15 is 0 Å². The normalized spacial score (nSPS) is 11.6. The van der Waals surface area contributed by atoms with Crippen LogP contribution in [-0.4, -0.2) is 31.7 Å². The molecule has 0 fully saturated rings. The van der Waals surface area contributed by atoms with Crippen molar-refractivity contribution in [3.05, 3.63) is 35.6 Å². The third kappa shape index (κ3) is 6.25. The molecule has 0 saturated carbocycles. The van der Waals surface area contributed by atoms with Crippen LogP contribution in [-0.2, 0) is 16.0 Å². The zero-order valence-corrected chi connectivity index (χ0v) is 12.3. The molecule has 1 aromatic rings. The third-order valence-electron chi connectivity index (χ3n) is 2.96. The molecule has 0 aliphatic carbocycles. The molecule has 0 aromatic heterocycles. The van der Waals surface area contributed by atoms with Crippen molar-refractivity contribution >= 4 is 12.0 Å². The number of carbonyl (C=O) groups is 2. The average molecular weight is 296 g/mol. The average Bonchev–Trinajstić information content (AvgIpc) is 2.48. The van der Waals surface area contributed by atoms with Crippen molar-refractivity contribution < 1.29 is 18.7 Å². The first kappa shape index (κ1) is 16.9. The van der Waals surface area contributed by atoms with Crippen LogP contribution in [0.5, 0.6) is 0 Å². The number of amides is 2. The monoisotopic (exact) mass is 296 g/mol. The highest BCUT2D eigenvalue weighted by Crippen LogP contribution is 2.07. The van der Waals surface area contributed by atoms with Crippen LogP contribution in [0.25, 0.3) is 0 Å². The van der Waals surface area contributed by atoms with Gasteiger partial charge in [0.05, 0.1) is 7.11 Å². The van der Waals surface area contributed by atoms with E-state index in [0.717, 1.165) is 18.4 Å². The molecule has 1 unspecified atom stereocenters. The number of benzene rings is 1. The van der Waals surface area contributed by atoms with E-state index in [4.69, 9.17) is 0 Å². The van der Waals surface area contributed by atoms with E-state index < -0.39 is 18.0 Å². The van der Waals surface area contributed by atoms with Gasteiger partial charge in [-0.1, -0.05) is 25.5 Å². The number of urea groups is 1. The van der Waals surface area contributed by atoms with Crippen molar-refractivity contribution in [2.75, 3.05) is 13.7 Å². The molecule has 116 valence electrons. The molecule has 6 heteroatoms. The molecule has 1 rings (SSSR count). The standard InChI is InChI=1S/C15H21FN2O3/c1-3-4-9-17-15(20)18-13(14(19)21-2)10-11-5-7-12(16)8-6-11/h5-8,13H,3-4,9-10H2,1-2H3,(H2,17,18,20). The summed E-state index contributed by atoms with van der Waals surface area (Å²) in [6, 6.07) is 4.54. The summed E-state index contributed by atoms with van der Waals surface area (Å²) in [7, 11) is 1.26. The number of rotatable bonds is 7. The van der Waals surface area contributed by atoms with Gasteiger partial charge in [0, 0.05) is 13.0 Å². The maximum atomic E-state index is 12.9. The van der Waals surface area contributed by atoms with E-state index in [1.807, 2.05) is 6.92 Å². The van der Waals surface area contributed by atoms with Gasteiger partial charge in [-0.15, -0.1) is 0 Å². The van der Waals surface area contributed by atoms with E-state index in [0.29, 0.717) is 6.54 Å². The number of nitrogens with one attached hydrogen (secondary N) is 2.